The molecule has 188 valence electrons. The molecule has 0 saturated heterocycles. The van der Waals surface area contributed by atoms with Crippen LogP contribution in [0.1, 0.15) is 46.7 Å². The Labute approximate surface area is 249 Å². The number of hydrogen-bond donors (Lipinski definition) is 0. The molecule has 0 N–H and O–H groups in total. The summed E-state index contributed by atoms with van der Waals surface area (Å²) in [7, 11) is -2.52. The van der Waals surface area contributed by atoms with Gasteiger partial charge in [-0.25, -0.2) is 0 Å². The maximum absolute atomic E-state index is 2.59. The van der Waals surface area contributed by atoms with Crippen molar-refractivity contribution in [2.45, 2.75) is 58.2 Å². The Kier molecular flexibility index (Phi) is 11.6. The molecular weight excluding hydrogens is 555 g/mol. The van der Waals surface area contributed by atoms with Crippen LogP contribution in [0, 0.1) is 41.5 Å². The molecule has 3 aromatic carbocycles. The van der Waals surface area contributed by atoms with Gasteiger partial charge in [0, 0.05) is 0 Å². The minimum Gasteiger partial charge on any atom is -1.00 e. The van der Waals surface area contributed by atoms with E-state index in [9.17, 15) is 0 Å². The van der Waals surface area contributed by atoms with Crippen molar-refractivity contribution in [3.05, 3.63) is 112 Å². The van der Waals surface area contributed by atoms with Gasteiger partial charge in [-0.15, -0.1) is 0 Å². The molecule has 0 heterocycles. The first kappa shape index (κ1) is 33.0. The molecule has 1 unspecified atom stereocenters. The van der Waals surface area contributed by atoms with Gasteiger partial charge in [0.05, 0.1) is 0 Å². The minimum absolute atomic E-state index is 0. The molecule has 0 aromatic heterocycles. The zero-order chi connectivity index (χ0) is 24.0. The van der Waals surface area contributed by atoms with E-state index in [0.29, 0.717) is 0 Å². The average Bonchev–Trinajstić information content (AvgIpc) is 3.08. The molecule has 0 radical (unpaired) electrons. The second kappa shape index (κ2) is 12.7. The monoisotopic (exact) mass is 588 g/mol. The molecule has 1 aliphatic carbocycles. The van der Waals surface area contributed by atoms with Crippen LogP contribution in [0.2, 0.25) is 3.34 Å². The molecule has 0 nitrogen and oxygen atoms in total. The zero-order valence-electron chi connectivity index (χ0n) is 22.3. The van der Waals surface area contributed by atoms with E-state index >= 15 is 0 Å². The molecule has 5 heteroatoms. The SMILES string of the molecule is CCC1=C[C]([Ti+3])([Si](c2cc(C)cc(C)c2)(c2cc(C)cc(C)c2)c2cc(C)cc(C)c2)C=C1.[Cl-].[Cl-].[Cl-]. The van der Waals surface area contributed by atoms with E-state index in [0.717, 1.165) is 6.42 Å². The van der Waals surface area contributed by atoms with Gasteiger partial charge in [0.15, 0.2) is 0 Å². The Morgan fingerprint density at radius 1 is 0.583 bits per heavy atom. The van der Waals surface area contributed by atoms with Crippen LogP contribution < -0.4 is 52.8 Å². The van der Waals surface area contributed by atoms with Gasteiger partial charge in [-0.2, -0.15) is 0 Å². The number of benzene rings is 3. The maximum Gasteiger partial charge on any atom is -1.00 e. The van der Waals surface area contributed by atoms with Gasteiger partial charge in [0.2, 0.25) is 0 Å². The van der Waals surface area contributed by atoms with Gasteiger partial charge in [0.25, 0.3) is 0 Å². The quantitative estimate of drug-likeness (QED) is 0.223. The molecule has 0 spiro atoms. The van der Waals surface area contributed by atoms with Crippen LogP contribution in [-0.4, -0.2) is 8.07 Å². The Bertz CT molecular complexity index is 1110. The Balaban J connectivity index is 0.00000216. The Morgan fingerprint density at radius 2 is 0.889 bits per heavy atom. The van der Waals surface area contributed by atoms with Crippen LogP contribution in [-0.2, 0) is 20.4 Å². The molecular formula is C31H35Cl3SiTi. The standard InChI is InChI=1S/C31H35Si.3ClH.Ti/c1-8-27-9-10-28(20-27)32(29-14-21(2)11-22(3)15-29,30-16-23(4)12-24(5)17-30)31-18-25(6)13-26(7)19-31;;;;/h9-20H,8H2,1-7H3;3*1H;/q;;;;+3/p-3. The van der Waals surface area contributed by atoms with Gasteiger partial charge in [-0.05, 0) is 0 Å². The van der Waals surface area contributed by atoms with Crippen LogP contribution >= 0.6 is 0 Å². The number of hydrogen-bond acceptors (Lipinski definition) is 0. The van der Waals surface area contributed by atoms with E-state index in [1.54, 1.807) is 0 Å². The molecule has 0 saturated carbocycles. The summed E-state index contributed by atoms with van der Waals surface area (Å²) in [6, 6.07) is 21.8. The third-order valence-electron chi connectivity index (χ3n) is 6.97. The van der Waals surface area contributed by atoms with Crippen LogP contribution in [0.3, 0.4) is 0 Å². The predicted octanol–water partition coefficient (Wildman–Crippen LogP) is -2.83. The first-order valence-electron chi connectivity index (χ1n) is 12.0. The summed E-state index contributed by atoms with van der Waals surface area (Å²) in [4.78, 5) is 0. The molecule has 0 fully saturated rings. The summed E-state index contributed by atoms with van der Waals surface area (Å²) in [6.45, 7) is 15.8. The van der Waals surface area contributed by atoms with Crippen molar-refractivity contribution in [1.29, 1.82) is 0 Å². The number of allylic oxidation sites excluding steroid dienone is 4. The van der Waals surface area contributed by atoms with Crippen LogP contribution in [0.5, 0.6) is 0 Å². The Hall–Kier alpha value is -1.06. The first-order chi connectivity index (χ1) is 15.6. The maximum atomic E-state index is 2.59. The first-order valence-corrected chi connectivity index (χ1v) is 14.8. The van der Waals surface area contributed by atoms with E-state index in [-0.39, 0.29) is 40.6 Å². The molecule has 0 amide bonds. The van der Waals surface area contributed by atoms with E-state index in [2.05, 4.69) is 142 Å². The summed E-state index contributed by atoms with van der Waals surface area (Å²) in [5, 5.41) is 4.53. The van der Waals surface area contributed by atoms with Crippen molar-refractivity contribution in [3.63, 3.8) is 0 Å². The summed E-state index contributed by atoms with van der Waals surface area (Å²) in [5.74, 6) is 0. The van der Waals surface area contributed by atoms with Crippen LogP contribution in [0.15, 0.2) is 78.4 Å². The fourth-order valence-electron chi connectivity index (χ4n) is 5.87. The fourth-order valence-corrected chi connectivity index (χ4v) is 14.2. The van der Waals surface area contributed by atoms with Gasteiger partial charge in [-0.1, -0.05) is 0 Å². The predicted molar refractivity (Wildman–Crippen MR) is 143 cm³/mol. The normalized spacial score (nSPS) is 16.5. The van der Waals surface area contributed by atoms with Crippen LogP contribution in [0.25, 0.3) is 0 Å². The number of halogens is 3. The van der Waals surface area contributed by atoms with Crippen molar-refractivity contribution in [1.82, 2.24) is 0 Å². The molecule has 0 aliphatic heterocycles. The molecule has 0 bridgehead atoms. The molecule has 1 aliphatic rings. The second-order valence-corrected chi connectivity index (χ2v) is 16.3. The number of rotatable bonds is 5. The Morgan fingerprint density at radius 3 is 1.14 bits per heavy atom. The van der Waals surface area contributed by atoms with Crippen molar-refractivity contribution in [2.24, 2.45) is 0 Å². The van der Waals surface area contributed by atoms with Gasteiger partial charge in [0.1, 0.15) is 0 Å². The van der Waals surface area contributed by atoms with Gasteiger partial charge in [-0.3, -0.25) is 0 Å². The van der Waals surface area contributed by atoms with Crippen molar-refractivity contribution in [3.8, 4) is 0 Å². The van der Waals surface area contributed by atoms with E-state index in [1.807, 2.05) is 0 Å². The average molecular weight is 590 g/mol. The molecule has 4 rings (SSSR count). The second-order valence-electron chi connectivity index (χ2n) is 10.2. The van der Waals surface area contributed by atoms with Crippen molar-refractivity contribution < 1.29 is 57.7 Å². The van der Waals surface area contributed by atoms with Crippen molar-refractivity contribution in [2.75, 3.05) is 0 Å². The third-order valence-corrected chi connectivity index (χ3v) is 14.2. The van der Waals surface area contributed by atoms with Crippen LogP contribution in [0.4, 0.5) is 0 Å². The van der Waals surface area contributed by atoms with E-state index in [4.69, 9.17) is 0 Å². The van der Waals surface area contributed by atoms with Crippen molar-refractivity contribution >= 4 is 23.6 Å². The summed E-state index contributed by atoms with van der Waals surface area (Å²) in [5.41, 5.74) is 9.54. The molecule has 3 aromatic rings. The largest absolute Gasteiger partial charge is 1.00 e. The number of aryl methyl sites for hydroxylation is 6. The summed E-state index contributed by atoms with van der Waals surface area (Å²) < 4.78 is -0.0565. The summed E-state index contributed by atoms with van der Waals surface area (Å²) in [6.07, 6.45) is 8.57. The third kappa shape index (κ3) is 5.98. The van der Waals surface area contributed by atoms with E-state index < -0.39 is 8.07 Å². The zero-order valence-corrected chi connectivity index (χ0v) is 27.1. The minimum atomic E-state index is -2.52. The fraction of sp³-hybridized carbons (Fsp3) is 0.290. The molecule has 36 heavy (non-hydrogen) atoms. The smallest absolute Gasteiger partial charge is 1.00 e. The van der Waals surface area contributed by atoms with Gasteiger partial charge < -0.3 is 37.2 Å². The van der Waals surface area contributed by atoms with E-state index in [1.165, 1.54) is 54.5 Å². The molecule has 1 atom stereocenters. The summed E-state index contributed by atoms with van der Waals surface area (Å²) >= 11 is 2.49. The van der Waals surface area contributed by atoms with Gasteiger partial charge >= 0.3 is 214 Å². The topological polar surface area (TPSA) is 0 Å².